The average molecular weight is 413 g/mol. The summed E-state index contributed by atoms with van der Waals surface area (Å²) in [5.41, 5.74) is 4.36. The molecular formula is C29H19N3. The average Bonchev–Trinajstić information content (AvgIpc) is 3.38. The second kappa shape index (κ2) is 6.56. The molecule has 32 heavy (non-hydrogen) atoms. The Kier molecular flexibility index (Phi) is 2.99. The quantitative estimate of drug-likeness (QED) is 0.293. The largest absolute Gasteiger partial charge is 0.308 e. The van der Waals surface area contributed by atoms with Crippen molar-refractivity contribution in [2.45, 2.75) is 0 Å². The van der Waals surface area contributed by atoms with Crippen LogP contribution in [0.5, 0.6) is 0 Å². The summed E-state index contributed by atoms with van der Waals surface area (Å²) in [7, 11) is 0. The Bertz CT molecular complexity index is 1700. The van der Waals surface area contributed by atoms with Crippen LogP contribution >= 0.6 is 0 Å². The smallest absolute Gasteiger partial charge is 0.0863 e. The molecule has 3 nitrogen and oxygen atoms in total. The van der Waals surface area contributed by atoms with Crippen LogP contribution in [0.1, 0.15) is 4.11 Å². The molecule has 0 radical (unpaired) electrons. The summed E-state index contributed by atoms with van der Waals surface area (Å²) in [6, 6.07) is 32.2. The number of hydrogen-bond donors (Lipinski definition) is 0. The number of aromatic nitrogens is 3. The standard InChI is InChI=1S/C29H19N3/c1-5-13-26-22(9-1)23-10-2-6-14-27(23)31(26)20-17-21(19-30-18-20)32-28-15-7-3-11-24(28)25-12-4-8-16-29(25)32/h1-19H/i17D,18D,19D. The van der Waals surface area contributed by atoms with E-state index in [1.165, 1.54) is 0 Å². The molecule has 7 rings (SSSR count). The minimum atomic E-state index is -0.0870. The number of benzene rings is 4. The summed E-state index contributed by atoms with van der Waals surface area (Å²) in [5, 5.41) is 4.20. The summed E-state index contributed by atoms with van der Waals surface area (Å²) < 4.78 is 30.7. The minimum absolute atomic E-state index is 0.0870. The molecule has 3 heterocycles. The van der Waals surface area contributed by atoms with Gasteiger partial charge in [0.1, 0.15) is 0 Å². The van der Waals surface area contributed by atoms with Crippen LogP contribution in [0.2, 0.25) is 0 Å². The van der Waals surface area contributed by atoms with Crippen molar-refractivity contribution in [2.24, 2.45) is 0 Å². The van der Waals surface area contributed by atoms with Crippen LogP contribution in [0.15, 0.2) is 115 Å². The fraction of sp³-hybridized carbons (Fsp3) is 0. The van der Waals surface area contributed by atoms with Crippen LogP contribution in [-0.2, 0) is 0 Å². The molecule has 0 aliphatic rings. The van der Waals surface area contributed by atoms with Gasteiger partial charge in [0.15, 0.2) is 0 Å². The SMILES string of the molecule is [2H]c1nc([2H])c(-n2c3ccccc3c3ccccc32)c([2H])c1-n1c2ccccc2c2ccccc21. The van der Waals surface area contributed by atoms with E-state index in [1.54, 1.807) is 0 Å². The van der Waals surface area contributed by atoms with Crippen molar-refractivity contribution in [3.05, 3.63) is 115 Å². The highest BCUT2D eigenvalue weighted by Gasteiger charge is 2.15. The molecule has 0 saturated carbocycles. The molecule has 0 N–H and O–H groups in total. The lowest BCUT2D eigenvalue weighted by Gasteiger charge is -2.12. The van der Waals surface area contributed by atoms with Gasteiger partial charge in [0, 0.05) is 21.5 Å². The first kappa shape index (κ1) is 14.6. The molecule has 0 unspecified atom stereocenters. The molecule has 0 saturated heterocycles. The highest BCUT2D eigenvalue weighted by atomic mass is 15.0. The highest BCUT2D eigenvalue weighted by Crippen LogP contribution is 2.34. The summed E-state index contributed by atoms with van der Waals surface area (Å²) >= 11 is 0. The van der Waals surface area contributed by atoms with Crippen LogP contribution in [-0.4, -0.2) is 14.1 Å². The third-order valence-electron chi connectivity index (χ3n) is 6.17. The lowest BCUT2D eigenvalue weighted by atomic mass is 10.2. The van der Waals surface area contributed by atoms with E-state index in [0.29, 0.717) is 11.4 Å². The molecule has 7 aromatic rings. The zero-order valence-corrected chi connectivity index (χ0v) is 17.1. The molecule has 0 spiro atoms. The Balaban J connectivity index is 1.65. The summed E-state index contributed by atoms with van der Waals surface area (Å²) in [6.45, 7) is 0. The van der Waals surface area contributed by atoms with E-state index >= 15 is 0 Å². The van der Waals surface area contributed by atoms with Gasteiger partial charge in [-0.15, -0.1) is 0 Å². The Labute approximate surface area is 189 Å². The third kappa shape index (κ3) is 2.33. The van der Waals surface area contributed by atoms with E-state index in [4.69, 9.17) is 2.74 Å². The van der Waals surface area contributed by atoms with Crippen molar-refractivity contribution in [1.82, 2.24) is 14.1 Å². The van der Waals surface area contributed by atoms with Crippen LogP contribution in [0.4, 0.5) is 0 Å². The summed E-state index contributed by atoms with van der Waals surface area (Å²) in [4.78, 5) is 4.35. The second-order valence-electron chi connectivity index (χ2n) is 7.90. The zero-order chi connectivity index (χ0) is 23.7. The van der Waals surface area contributed by atoms with Crippen molar-refractivity contribution in [3.8, 4) is 11.4 Å². The normalized spacial score (nSPS) is 13.1. The molecule has 0 atom stereocenters. The summed E-state index contributed by atoms with van der Waals surface area (Å²) in [5.74, 6) is 0. The molecule has 150 valence electrons. The van der Waals surface area contributed by atoms with Gasteiger partial charge < -0.3 is 9.13 Å². The van der Waals surface area contributed by atoms with Gasteiger partial charge in [-0.05, 0) is 30.3 Å². The lowest BCUT2D eigenvalue weighted by Crippen LogP contribution is -1.99. The first-order valence-electron chi connectivity index (χ1n) is 12.1. The minimum Gasteiger partial charge on any atom is -0.308 e. The third-order valence-corrected chi connectivity index (χ3v) is 6.17. The molecule has 0 bridgehead atoms. The Morgan fingerprint density at radius 3 is 1.12 bits per heavy atom. The predicted molar refractivity (Wildman–Crippen MR) is 133 cm³/mol. The maximum absolute atomic E-state index is 9.36. The van der Waals surface area contributed by atoms with Gasteiger partial charge in [-0.3, -0.25) is 4.98 Å². The molecular weight excluding hydrogens is 390 g/mol. The van der Waals surface area contributed by atoms with Crippen molar-refractivity contribution in [1.29, 1.82) is 0 Å². The van der Waals surface area contributed by atoms with Crippen molar-refractivity contribution < 1.29 is 4.11 Å². The summed E-state index contributed by atoms with van der Waals surface area (Å²) in [6.07, 6.45) is -0.174. The fourth-order valence-corrected chi connectivity index (χ4v) is 4.84. The monoisotopic (exact) mass is 412 g/mol. The van der Waals surface area contributed by atoms with Crippen LogP contribution in [0.3, 0.4) is 0 Å². The Hall–Kier alpha value is -4.37. The number of hydrogen-bond acceptors (Lipinski definition) is 1. The fourth-order valence-electron chi connectivity index (χ4n) is 4.84. The second-order valence-corrected chi connectivity index (χ2v) is 7.90. The van der Waals surface area contributed by atoms with Gasteiger partial charge in [0.05, 0.1) is 49.9 Å². The number of pyridine rings is 1. The van der Waals surface area contributed by atoms with Gasteiger partial charge in [-0.1, -0.05) is 72.8 Å². The molecule has 0 amide bonds. The van der Waals surface area contributed by atoms with Crippen LogP contribution in [0, 0.1) is 0 Å². The van der Waals surface area contributed by atoms with E-state index in [1.807, 2.05) is 81.9 Å². The maximum Gasteiger partial charge on any atom is 0.0863 e. The van der Waals surface area contributed by atoms with Gasteiger partial charge in [0.2, 0.25) is 0 Å². The van der Waals surface area contributed by atoms with Crippen LogP contribution in [0.25, 0.3) is 55.0 Å². The topological polar surface area (TPSA) is 22.8 Å². The van der Waals surface area contributed by atoms with Crippen molar-refractivity contribution in [3.63, 3.8) is 0 Å². The Morgan fingerprint density at radius 1 is 0.469 bits per heavy atom. The van der Waals surface area contributed by atoms with Gasteiger partial charge in [-0.25, -0.2) is 0 Å². The van der Waals surface area contributed by atoms with E-state index in [-0.39, 0.29) is 18.4 Å². The van der Waals surface area contributed by atoms with Crippen LogP contribution < -0.4 is 0 Å². The first-order chi connectivity index (χ1) is 17.1. The molecule has 0 aliphatic carbocycles. The van der Waals surface area contributed by atoms with E-state index < -0.39 is 0 Å². The number of rotatable bonds is 2. The van der Waals surface area contributed by atoms with E-state index in [9.17, 15) is 1.37 Å². The van der Waals surface area contributed by atoms with Crippen molar-refractivity contribution in [2.75, 3.05) is 0 Å². The maximum atomic E-state index is 9.36. The highest BCUT2D eigenvalue weighted by molar-refractivity contribution is 6.10. The van der Waals surface area contributed by atoms with Gasteiger partial charge in [-0.2, -0.15) is 0 Å². The molecule has 0 fully saturated rings. The first-order valence-corrected chi connectivity index (χ1v) is 10.6. The van der Waals surface area contributed by atoms with Gasteiger partial charge in [0.25, 0.3) is 0 Å². The number of fused-ring (bicyclic) bond motifs is 6. The molecule has 4 aromatic carbocycles. The number of nitrogens with zero attached hydrogens (tertiary/aromatic N) is 3. The van der Waals surface area contributed by atoms with Crippen molar-refractivity contribution >= 4 is 43.6 Å². The lowest BCUT2D eigenvalue weighted by molar-refractivity contribution is 1.09. The van der Waals surface area contributed by atoms with E-state index in [2.05, 4.69) is 29.2 Å². The van der Waals surface area contributed by atoms with E-state index in [0.717, 1.165) is 43.6 Å². The van der Waals surface area contributed by atoms with Gasteiger partial charge >= 0.3 is 0 Å². The predicted octanol–water partition coefficient (Wildman–Crippen LogP) is 7.28. The number of para-hydroxylation sites is 4. The molecule has 0 aliphatic heterocycles. The Morgan fingerprint density at radius 2 is 0.781 bits per heavy atom. The molecule has 3 aromatic heterocycles. The molecule has 3 heteroatoms. The zero-order valence-electron chi connectivity index (χ0n) is 20.1.